The normalized spacial score (nSPS) is 16.2. The first-order valence-electron chi connectivity index (χ1n) is 6.91. The van der Waals surface area contributed by atoms with Gasteiger partial charge in [0.1, 0.15) is 18.1 Å². The van der Waals surface area contributed by atoms with Gasteiger partial charge in [0.25, 0.3) is 0 Å². The van der Waals surface area contributed by atoms with E-state index in [9.17, 15) is 9.59 Å². The molecule has 0 aliphatic carbocycles. The number of hydrogen-bond donors (Lipinski definition) is 0. The summed E-state index contributed by atoms with van der Waals surface area (Å²) in [6, 6.07) is 3.49. The molecule has 0 bridgehead atoms. The first kappa shape index (κ1) is 16.6. The zero-order valence-electron chi connectivity index (χ0n) is 13.0. The summed E-state index contributed by atoms with van der Waals surface area (Å²) < 4.78 is 26.5. The van der Waals surface area contributed by atoms with E-state index in [0.717, 1.165) is 0 Å². The number of hydrogen-bond acceptors (Lipinski definition) is 8. The second-order valence-corrected chi connectivity index (χ2v) is 5.70. The van der Waals surface area contributed by atoms with E-state index in [1.165, 1.54) is 19.1 Å². The van der Waals surface area contributed by atoms with E-state index < -0.39 is 11.9 Å². The number of carbonyl (C=O) groups excluding carboxylic acids is 2. The Hall–Kier alpha value is -2.26. The molecule has 8 nitrogen and oxygen atoms in total. The van der Waals surface area contributed by atoms with Crippen LogP contribution in [0.15, 0.2) is 27.9 Å². The van der Waals surface area contributed by atoms with Crippen molar-refractivity contribution in [3.8, 4) is 11.5 Å². The molecule has 2 aliphatic rings. The van der Waals surface area contributed by atoms with Crippen LogP contribution in [0.3, 0.4) is 0 Å². The van der Waals surface area contributed by atoms with Crippen molar-refractivity contribution >= 4 is 33.6 Å². The van der Waals surface area contributed by atoms with Crippen LogP contribution in [0, 0.1) is 0 Å². The van der Waals surface area contributed by atoms with Gasteiger partial charge < -0.3 is 28.6 Å². The molecule has 2 heterocycles. The predicted octanol–water partition coefficient (Wildman–Crippen LogP) is 1.57. The number of carbonyl (C=O) groups is 2. The predicted molar refractivity (Wildman–Crippen MR) is 84.6 cm³/mol. The SMILES string of the molecule is COC(=O)C1=C(C(=O)OC)N(c2c(Br)ccc3c2OCO3)COC1. The number of methoxy groups -OCH3 is 2. The van der Waals surface area contributed by atoms with Crippen LogP contribution in [0.25, 0.3) is 0 Å². The Morgan fingerprint density at radius 1 is 1.17 bits per heavy atom. The molecular formula is C15H14BrNO7. The summed E-state index contributed by atoms with van der Waals surface area (Å²) in [5.74, 6) is -0.369. The van der Waals surface area contributed by atoms with Gasteiger partial charge in [-0.2, -0.15) is 0 Å². The molecule has 0 atom stereocenters. The monoisotopic (exact) mass is 399 g/mol. The molecule has 0 N–H and O–H groups in total. The van der Waals surface area contributed by atoms with Crippen molar-refractivity contribution in [2.24, 2.45) is 0 Å². The smallest absolute Gasteiger partial charge is 0.355 e. The van der Waals surface area contributed by atoms with Crippen molar-refractivity contribution in [1.82, 2.24) is 0 Å². The third-order valence-electron chi connectivity index (χ3n) is 3.57. The minimum atomic E-state index is -0.679. The van der Waals surface area contributed by atoms with E-state index in [1.807, 2.05) is 0 Å². The molecule has 128 valence electrons. The average Bonchev–Trinajstić information content (AvgIpc) is 3.08. The van der Waals surface area contributed by atoms with Gasteiger partial charge in [-0.25, -0.2) is 9.59 Å². The molecule has 9 heteroatoms. The fourth-order valence-corrected chi connectivity index (χ4v) is 3.03. The number of rotatable bonds is 3. The Kier molecular flexibility index (Phi) is 4.63. The highest BCUT2D eigenvalue weighted by Crippen LogP contribution is 2.47. The van der Waals surface area contributed by atoms with Gasteiger partial charge in [0.05, 0.1) is 26.4 Å². The van der Waals surface area contributed by atoms with Gasteiger partial charge in [0, 0.05) is 4.47 Å². The maximum Gasteiger partial charge on any atom is 0.355 e. The largest absolute Gasteiger partial charge is 0.466 e. The van der Waals surface area contributed by atoms with Gasteiger partial charge in [-0.1, -0.05) is 0 Å². The number of anilines is 1. The first-order chi connectivity index (χ1) is 11.6. The topological polar surface area (TPSA) is 83.5 Å². The molecular weight excluding hydrogens is 386 g/mol. The van der Waals surface area contributed by atoms with Crippen LogP contribution in [0.2, 0.25) is 0 Å². The quantitative estimate of drug-likeness (QED) is 0.708. The Balaban J connectivity index is 2.18. The Labute approximate surface area is 146 Å². The summed E-state index contributed by atoms with van der Waals surface area (Å²) in [6.45, 7) is 0.0373. The second-order valence-electron chi connectivity index (χ2n) is 4.85. The van der Waals surface area contributed by atoms with Crippen molar-refractivity contribution < 1.29 is 33.3 Å². The second kappa shape index (κ2) is 6.70. The lowest BCUT2D eigenvalue weighted by atomic mass is 10.1. The summed E-state index contributed by atoms with van der Waals surface area (Å²) in [6.07, 6.45) is 0. The number of ether oxygens (including phenoxy) is 5. The highest BCUT2D eigenvalue weighted by molar-refractivity contribution is 9.10. The average molecular weight is 400 g/mol. The van der Waals surface area contributed by atoms with Gasteiger partial charge >= 0.3 is 11.9 Å². The van der Waals surface area contributed by atoms with Crippen molar-refractivity contribution in [2.45, 2.75) is 0 Å². The summed E-state index contributed by atoms with van der Waals surface area (Å²) >= 11 is 3.43. The van der Waals surface area contributed by atoms with E-state index in [-0.39, 0.29) is 31.4 Å². The standard InChI is InChI=1S/C15H14BrNO7/c1-20-14(18)8-5-22-6-17(11(8)15(19)21-2)12-9(16)3-4-10-13(12)24-7-23-10/h3-4H,5-7H2,1-2H3. The molecule has 1 aromatic carbocycles. The Morgan fingerprint density at radius 3 is 2.62 bits per heavy atom. The van der Waals surface area contributed by atoms with Crippen molar-refractivity contribution in [3.63, 3.8) is 0 Å². The lowest BCUT2D eigenvalue weighted by Gasteiger charge is -2.32. The van der Waals surface area contributed by atoms with Crippen LogP contribution in [-0.2, 0) is 23.8 Å². The molecule has 0 aromatic heterocycles. The number of nitrogens with zero attached hydrogens (tertiary/aromatic N) is 1. The summed E-state index contributed by atoms with van der Waals surface area (Å²) in [4.78, 5) is 25.9. The maximum atomic E-state index is 12.3. The first-order valence-corrected chi connectivity index (χ1v) is 7.71. The van der Waals surface area contributed by atoms with E-state index in [1.54, 1.807) is 12.1 Å². The van der Waals surface area contributed by atoms with E-state index in [0.29, 0.717) is 21.7 Å². The van der Waals surface area contributed by atoms with E-state index in [2.05, 4.69) is 15.9 Å². The number of benzene rings is 1. The van der Waals surface area contributed by atoms with Gasteiger partial charge in [-0.3, -0.25) is 0 Å². The van der Waals surface area contributed by atoms with Crippen LogP contribution in [-0.4, -0.2) is 46.3 Å². The molecule has 3 rings (SSSR count). The van der Waals surface area contributed by atoms with Crippen LogP contribution in [0.5, 0.6) is 11.5 Å². The van der Waals surface area contributed by atoms with Crippen LogP contribution in [0.4, 0.5) is 5.69 Å². The fraction of sp³-hybridized carbons (Fsp3) is 0.333. The molecule has 0 amide bonds. The molecule has 24 heavy (non-hydrogen) atoms. The van der Waals surface area contributed by atoms with Crippen LogP contribution < -0.4 is 14.4 Å². The third kappa shape index (κ3) is 2.69. The van der Waals surface area contributed by atoms with Gasteiger partial charge in [-0.15, -0.1) is 0 Å². The highest BCUT2D eigenvalue weighted by atomic mass is 79.9. The maximum absolute atomic E-state index is 12.3. The molecule has 1 aromatic rings. The van der Waals surface area contributed by atoms with E-state index in [4.69, 9.17) is 23.7 Å². The molecule has 2 aliphatic heterocycles. The summed E-state index contributed by atoms with van der Waals surface area (Å²) in [5.41, 5.74) is 0.616. The van der Waals surface area contributed by atoms with E-state index >= 15 is 0 Å². The molecule has 0 unspecified atom stereocenters. The van der Waals surface area contributed by atoms with Gasteiger partial charge in [0.15, 0.2) is 11.5 Å². The zero-order chi connectivity index (χ0) is 17.3. The number of halogens is 1. The minimum absolute atomic E-state index is 0.0311. The lowest BCUT2D eigenvalue weighted by molar-refractivity contribution is -0.140. The minimum Gasteiger partial charge on any atom is -0.466 e. The van der Waals surface area contributed by atoms with Crippen molar-refractivity contribution in [3.05, 3.63) is 27.9 Å². The number of fused-ring (bicyclic) bond motifs is 1. The molecule has 0 fully saturated rings. The third-order valence-corrected chi connectivity index (χ3v) is 4.21. The van der Waals surface area contributed by atoms with Gasteiger partial charge in [-0.05, 0) is 28.1 Å². The van der Waals surface area contributed by atoms with Gasteiger partial charge in [0.2, 0.25) is 6.79 Å². The summed E-state index contributed by atoms with van der Waals surface area (Å²) in [5, 5.41) is 0. The lowest BCUT2D eigenvalue weighted by Crippen LogP contribution is -2.39. The Bertz CT molecular complexity index is 731. The van der Waals surface area contributed by atoms with Crippen molar-refractivity contribution in [2.75, 3.05) is 39.3 Å². The highest BCUT2D eigenvalue weighted by Gasteiger charge is 2.36. The molecule has 0 saturated carbocycles. The fourth-order valence-electron chi connectivity index (χ4n) is 2.51. The zero-order valence-corrected chi connectivity index (χ0v) is 14.5. The van der Waals surface area contributed by atoms with Crippen LogP contribution in [0.1, 0.15) is 0 Å². The molecule has 0 spiro atoms. The van der Waals surface area contributed by atoms with Crippen LogP contribution >= 0.6 is 15.9 Å². The number of esters is 2. The molecule has 0 radical (unpaired) electrons. The van der Waals surface area contributed by atoms with Crippen molar-refractivity contribution in [1.29, 1.82) is 0 Å². The molecule has 0 saturated heterocycles. The Morgan fingerprint density at radius 2 is 1.92 bits per heavy atom. The summed E-state index contributed by atoms with van der Waals surface area (Å²) in [7, 11) is 2.47.